The number of alkyl halides is 3. The summed E-state index contributed by atoms with van der Waals surface area (Å²) in [6, 6.07) is 8.60. The molecule has 0 saturated carbocycles. The first kappa shape index (κ1) is 48.6. The van der Waals surface area contributed by atoms with Crippen LogP contribution in [-0.2, 0) is 43.4 Å². The zero-order valence-corrected chi connectivity index (χ0v) is 39.7. The number of sulfonamides is 1. The number of aromatic nitrogens is 2. The monoisotopic (exact) mass is 1030 g/mol. The Morgan fingerprint density at radius 2 is 1.68 bits per heavy atom. The van der Waals surface area contributed by atoms with Crippen LogP contribution in [0.5, 0.6) is 5.75 Å². The summed E-state index contributed by atoms with van der Waals surface area (Å²) in [5.74, 6) is -3.64. The first-order chi connectivity index (χ1) is 32.3. The Hall–Kier alpha value is -5.81. The first-order valence-corrected chi connectivity index (χ1v) is 24.8. The number of imide groups is 1. The normalized spacial score (nSPS) is 18.0. The zero-order chi connectivity index (χ0) is 48.7. The summed E-state index contributed by atoms with van der Waals surface area (Å²) in [5.41, 5.74) is 1.59. The lowest BCUT2D eigenvalue weighted by molar-refractivity contribution is -0.138. The van der Waals surface area contributed by atoms with Crippen LogP contribution in [0.25, 0.3) is 0 Å². The quantitative estimate of drug-likeness (QED) is 0.0511. The van der Waals surface area contributed by atoms with Gasteiger partial charge >= 0.3 is 6.18 Å². The Morgan fingerprint density at radius 3 is 2.32 bits per heavy atom. The van der Waals surface area contributed by atoms with Crippen molar-refractivity contribution in [2.45, 2.75) is 63.6 Å². The highest BCUT2D eigenvalue weighted by atomic mass is 79.9. The lowest BCUT2D eigenvalue weighted by Crippen LogP contribution is -2.54. The summed E-state index contributed by atoms with van der Waals surface area (Å²) < 4.78 is 104. The van der Waals surface area contributed by atoms with Crippen molar-refractivity contribution in [2.75, 3.05) is 83.9 Å². The number of ether oxygens (including phenoxy) is 1. The topological polar surface area (TPSA) is 190 Å². The summed E-state index contributed by atoms with van der Waals surface area (Å²) in [4.78, 5) is 49.6. The van der Waals surface area contributed by atoms with Crippen LogP contribution < -0.4 is 45.4 Å². The molecule has 4 aliphatic rings. The molecule has 16 nitrogen and oxygen atoms in total. The average Bonchev–Trinajstić information content (AvgIpc) is 3.73. The Kier molecular flexibility index (Phi) is 14.1. The lowest BCUT2D eigenvalue weighted by Gasteiger charge is -2.40. The van der Waals surface area contributed by atoms with Crippen LogP contribution in [-0.4, -0.2) is 101 Å². The van der Waals surface area contributed by atoms with E-state index in [9.17, 15) is 36.0 Å². The van der Waals surface area contributed by atoms with Gasteiger partial charge in [0.25, 0.3) is 0 Å². The number of methoxy groups -OCH3 is 1. The lowest BCUT2D eigenvalue weighted by atomic mass is 9.89. The van der Waals surface area contributed by atoms with Crippen molar-refractivity contribution in [3.63, 3.8) is 0 Å². The third-order valence-electron chi connectivity index (χ3n) is 12.8. The molecule has 5 heterocycles. The van der Waals surface area contributed by atoms with Crippen LogP contribution >= 0.6 is 15.9 Å². The van der Waals surface area contributed by atoms with Crippen LogP contribution in [0.2, 0.25) is 0 Å². The summed E-state index contributed by atoms with van der Waals surface area (Å²) in [6.07, 6.45) is 0.0618. The molecule has 0 bridgehead atoms. The Balaban J connectivity index is 0.830. The molecule has 3 fully saturated rings. The highest BCUT2D eigenvalue weighted by Gasteiger charge is 2.41. The molecular weight excluding hydrogens is 984 g/mol. The molecule has 3 saturated heterocycles. The Labute approximate surface area is 397 Å². The van der Waals surface area contributed by atoms with Gasteiger partial charge in [0.05, 0.1) is 52.3 Å². The van der Waals surface area contributed by atoms with Crippen molar-refractivity contribution in [1.82, 2.24) is 25.9 Å². The van der Waals surface area contributed by atoms with Gasteiger partial charge in [-0.25, -0.2) is 22.2 Å². The highest BCUT2D eigenvalue weighted by molar-refractivity contribution is 9.10. The van der Waals surface area contributed by atoms with Crippen molar-refractivity contribution in [2.24, 2.45) is 5.92 Å². The van der Waals surface area contributed by atoms with E-state index in [0.717, 1.165) is 65.9 Å². The van der Waals surface area contributed by atoms with Gasteiger partial charge in [-0.1, -0.05) is 6.92 Å². The number of piperidine rings is 2. The van der Waals surface area contributed by atoms with Gasteiger partial charge < -0.3 is 35.8 Å². The van der Waals surface area contributed by atoms with Gasteiger partial charge in [0.1, 0.15) is 23.2 Å². The SMILES string of the molecule is CCc1cc(Nc2ncc(Br)c(Nc3ccc(C(F)(F)F)c4c3N(S(C)(=O)=O)CC4)n2)c(OC)cc1N1CCC(NCCNC(=O)C2CN(c3cc(F)c([C@H]4CCC(=O)NC4=O)c(F)c3)C2)CC1. The van der Waals surface area contributed by atoms with Crippen LogP contribution in [0, 0.1) is 17.6 Å². The van der Waals surface area contributed by atoms with Gasteiger partial charge in [0.15, 0.2) is 0 Å². The number of hydrogen-bond donors (Lipinski definition) is 5. The van der Waals surface area contributed by atoms with E-state index in [-0.39, 0.29) is 96.7 Å². The number of nitrogens with zero attached hydrogens (tertiary/aromatic N) is 5. The number of benzene rings is 3. The molecule has 23 heteroatoms. The summed E-state index contributed by atoms with van der Waals surface area (Å²) in [7, 11) is -2.35. The number of nitrogens with one attached hydrogen (secondary N) is 5. The maximum absolute atomic E-state index is 15.0. The predicted molar refractivity (Wildman–Crippen MR) is 249 cm³/mol. The molecule has 8 rings (SSSR count). The van der Waals surface area contributed by atoms with Gasteiger partial charge in [-0.05, 0) is 89.5 Å². The number of carbonyl (C=O) groups excluding carboxylic acids is 3. The number of anilines is 7. The number of rotatable bonds is 15. The summed E-state index contributed by atoms with van der Waals surface area (Å²) in [5, 5.41) is 14.9. The molecule has 0 radical (unpaired) electrons. The molecule has 0 unspecified atom stereocenters. The highest BCUT2D eigenvalue weighted by Crippen LogP contribution is 2.46. The molecule has 0 spiro atoms. The molecule has 1 aromatic heterocycles. The fourth-order valence-corrected chi connectivity index (χ4v) is 10.5. The van der Waals surface area contributed by atoms with E-state index in [0.29, 0.717) is 35.4 Å². The molecule has 3 aromatic carbocycles. The Bertz CT molecular complexity index is 2710. The fourth-order valence-electron chi connectivity index (χ4n) is 9.26. The second kappa shape index (κ2) is 19.7. The zero-order valence-electron chi connectivity index (χ0n) is 37.3. The van der Waals surface area contributed by atoms with Crippen LogP contribution in [0.15, 0.2) is 47.1 Å². The minimum atomic E-state index is -4.67. The number of amides is 3. The van der Waals surface area contributed by atoms with Gasteiger partial charge in [0, 0.05) is 87.5 Å². The number of fused-ring (bicyclic) bond motifs is 1. The number of carbonyl (C=O) groups is 3. The van der Waals surface area contributed by atoms with Crippen molar-refractivity contribution < 1.29 is 49.5 Å². The van der Waals surface area contributed by atoms with Crippen molar-refractivity contribution in [3.05, 3.63) is 81.0 Å². The summed E-state index contributed by atoms with van der Waals surface area (Å²) in [6.45, 7) is 4.98. The van der Waals surface area contributed by atoms with E-state index < -0.39 is 51.1 Å². The predicted octanol–water partition coefficient (Wildman–Crippen LogP) is 6.25. The number of aryl methyl sites for hydroxylation is 1. The average molecular weight is 1030 g/mol. The standard InChI is InChI=1S/C45H50BrF5N10O6S/c1-4-24-17-35(56-44-54-21-31(46)41(58-44)55-34-7-6-30(45(49,50)51)28-11-16-61(40(28)34)68(3,65)66)37(67-2)20-36(24)59-14-9-26(10-15-59)52-12-13-53-42(63)25-22-60(23-25)27-18-32(47)39(33(48)19-27)29-5-8-38(62)57-43(29)64/h6-7,17-21,25-26,29,52H,4-5,8-16,22-23H2,1-3H3,(H,53,63)(H,57,62,64)(H2,54,55,56,58)/t29-/m1/s1. The van der Waals surface area contributed by atoms with Crippen molar-refractivity contribution in [3.8, 4) is 5.75 Å². The summed E-state index contributed by atoms with van der Waals surface area (Å²) >= 11 is 3.41. The van der Waals surface area contributed by atoms with E-state index in [1.54, 1.807) is 12.0 Å². The van der Waals surface area contributed by atoms with E-state index in [4.69, 9.17) is 4.74 Å². The molecule has 3 amide bonds. The van der Waals surface area contributed by atoms with Crippen LogP contribution in [0.3, 0.4) is 0 Å². The second-order valence-electron chi connectivity index (χ2n) is 17.2. The molecule has 5 N–H and O–H groups in total. The van der Waals surface area contributed by atoms with E-state index in [2.05, 4.69) is 57.4 Å². The van der Waals surface area contributed by atoms with E-state index in [1.165, 1.54) is 12.3 Å². The van der Waals surface area contributed by atoms with Gasteiger partial charge in [-0.15, -0.1) is 0 Å². The Morgan fingerprint density at radius 1 is 0.956 bits per heavy atom. The minimum Gasteiger partial charge on any atom is -0.494 e. The molecule has 4 aromatic rings. The number of halogens is 6. The molecule has 1 atom stereocenters. The largest absolute Gasteiger partial charge is 0.494 e. The molecule has 0 aliphatic carbocycles. The number of hydrogen-bond acceptors (Lipinski definition) is 13. The van der Waals surface area contributed by atoms with Crippen LogP contribution in [0.1, 0.15) is 60.8 Å². The van der Waals surface area contributed by atoms with Crippen molar-refractivity contribution in [1.29, 1.82) is 0 Å². The van der Waals surface area contributed by atoms with Gasteiger partial charge in [-0.3, -0.25) is 24.0 Å². The molecule has 4 aliphatic heterocycles. The van der Waals surface area contributed by atoms with Gasteiger partial charge in [-0.2, -0.15) is 18.2 Å². The maximum Gasteiger partial charge on any atom is 0.416 e. The minimum absolute atomic E-state index is 0.00184. The third-order valence-corrected chi connectivity index (χ3v) is 14.5. The van der Waals surface area contributed by atoms with E-state index in [1.807, 2.05) is 19.1 Å². The molecule has 364 valence electrons. The van der Waals surface area contributed by atoms with Gasteiger partial charge in [0.2, 0.25) is 33.7 Å². The fraction of sp³-hybridized carbons (Fsp3) is 0.444. The third kappa shape index (κ3) is 10.3. The second-order valence-corrected chi connectivity index (χ2v) is 19.9. The van der Waals surface area contributed by atoms with Crippen molar-refractivity contribution >= 4 is 83.9 Å². The van der Waals surface area contributed by atoms with Crippen LogP contribution in [0.4, 0.5) is 62.2 Å². The maximum atomic E-state index is 15.0. The molecular formula is C45H50BrF5N10O6S. The molecule has 68 heavy (non-hydrogen) atoms. The van der Waals surface area contributed by atoms with E-state index >= 15 is 8.78 Å². The first-order valence-electron chi connectivity index (χ1n) is 22.1. The smallest absolute Gasteiger partial charge is 0.416 e.